The number of nitrogens with one attached hydrogen (secondary N) is 2. The number of methoxy groups -OCH3 is 1. The molecule has 0 fully saturated rings. The first-order valence-corrected chi connectivity index (χ1v) is 11.6. The van der Waals surface area contributed by atoms with Crippen molar-refractivity contribution in [3.05, 3.63) is 70.4 Å². The molecule has 2 rings (SSSR count). The minimum Gasteiger partial charge on any atom is -0.469 e. The third kappa shape index (κ3) is 18.7. The minimum atomic E-state index is -0.245. The fraction of sp³-hybridized carbons (Fsp3) is 0.500. The highest BCUT2D eigenvalue weighted by Gasteiger charge is 2.03. The van der Waals surface area contributed by atoms with Gasteiger partial charge in [0.15, 0.2) is 0 Å². The molecule has 1 unspecified atom stereocenters. The summed E-state index contributed by atoms with van der Waals surface area (Å²) in [6, 6.07) is 6.10. The monoisotopic (exact) mass is 468 g/mol. The number of likely N-dealkylation sites (N-methyl/N-ethyl adjacent to an activating group) is 1. The van der Waals surface area contributed by atoms with Crippen LogP contribution in [-0.2, 0) is 16.1 Å². The molecule has 0 radical (unpaired) electrons. The Bertz CT molecular complexity index is 651. The van der Waals surface area contributed by atoms with Crippen LogP contribution in [0.15, 0.2) is 54.3 Å². The van der Waals surface area contributed by atoms with Gasteiger partial charge in [-0.05, 0) is 61.9 Å². The van der Waals surface area contributed by atoms with Gasteiger partial charge in [0.2, 0.25) is 0 Å². The molecule has 5 nitrogen and oxygen atoms in total. The third-order valence-electron chi connectivity index (χ3n) is 3.99. The minimum absolute atomic E-state index is 0.0194. The smallest absolute Gasteiger partial charge is 0.302 e. The molecule has 0 saturated heterocycles. The second-order valence-electron chi connectivity index (χ2n) is 6.05. The predicted molar refractivity (Wildman–Crippen MR) is 140 cm³/mol. The fourth-order valence-electron chi connectivity index (χ4n) is 2.23. The van der Waals surface area contributed by atoms with E-state index >= 15 is 0 Å². The maximum Gasteiger partial charge on any atom is 0.302 e. The van der Waals surface area contributed by atoms with Gasteiger partial charge >= 0.3 is 5.97 Å². The molecule has 0 spiro atoms. The van der Waals surface area contributed by atoms with E-state index in [2.05, 4.69) is 39.7 Å². The largest absolute Gasteiger partial charge is 0.469 e. The van der Waals surface area contributed by atoms with Gasteiger partial charge in [0, 0.05) is 25.0 Å². The highest BCUT2D eigenvalue weighted by Crippen LogP contribution is 2.18. The highest BCUT2D eigenvalue weighted by molar-refractivity contribution is 6.31. The Morgan fingerprint density at radius 3 is 2.25 bits per heavy atom. The molecule has 6 heteroatoms. The number of aliphatic hydroxyl groups excluding tert-OH is 1. The molecule has 184 valence electrons. The average molecular weight is 469 g/mol. The van der Waals surface area contributed by atoms with E-state index in [4.69, 9.17) is 16.7 Å². The SMILES string of the molecule is CC.CC.CN/C=C/C1=CCCC(NC)C=C1.COC(C)=O.Cc1cccc(Cl)c1CO. The molecular weight excluding hydrogens is 424 g/mol. The zero-order valence-corrected chi connectivity index (χ0v) is 22.2. The number of allylic oxidation sites excluding steroid dienone is 4. The Morgan fingerprint density at radius 1 is 1.25 bits per heavy atom. The average Bonchev–Trinajstić information content (AvgIpc) is 3.06. The maximum atomic E-state index is 9.59. The van der Waals surface area contributed by atoms with E-state index in [0.717, 1.165) is 17.5 Å². The van der Waals surface area contributed by atoms with Crippen LogP contribution in [0.4, 0.5) is 0 Å². The number of aryl methyl sites for hydroxylation is 1. The first-order chi connectivity index (χ1) is 15.4. The van der Waals surface area contributed by atoms with Gasteiger partial charge in [-0.3, -0.25) is 4.79 Å². The van der Waals surface area contributed by atoms with Crippen molar-refractivity contribution in [3.8, 4) is 0 Å². The van der Waals surface area contributed by atoms with Gasteiger partial charge in [-0.1, -0.05) is 69.7 Å². The number of carbonyl (C=O) groups is 1. The van der Waals surface area contributed by atoms with Crippen LogP contribution < -0.4 is 10.6 Å². The summed E-state index contributed by atoms with van der Waals surface area (Å²) in [5.74, 6) is -0.245. The summed E-state index contributed by atoms with van der Waals surface area (Å²) < 4.78 is 4.11. The fourth-order valence-corrected chi connectivity index (χ4v) is 2.51. The van der Waals surface area contributed by atoms with Gasteiger partial charge in [-0.25, -0.2) is 0 Å². The van der Waals surface area contributed by atoms with Gasteiger partial charge in [0.1, 0.15) is 0 Å². The number of hydrogen-bond acceptors (Lipinski definition) is 5. The zero-order valence-electron chi connectivity index (χ0n) is 21.5. The standard InChI is InChI=1S/C11H18N2.C8H9ClO.C3H6O2.2C2H6/c1-12-9-8-10-4-3-5-11(13-2)7-6-10;1-6-3-2-4-8(9)7(6)5-10;1-3(4)5-2;2*1-2/h4,6-9,11-13H,3,5H2,1-2H3;2-4,10H,5H2,1H3;1-2H3;2*1-2H3/b9-8+;;;;. The summed E-state index contributed by atoms with van der Waals surface area (Å²) in [7, 11) is 5.26. The highest BCUT2D eigenvalue weighted by atomic mass is 35.5. The lowest BCUT2D eigenvalue weighted by Gasteiger charge is -2.06. The summed E-state index contributed by atoms with van der Waals surface area (Å²) in [5, 5.41) is 15.7. The summed E-state index contributed by atoms with van der Waals surface area (Å²) in [4.78, 5) is 9.59. The van der Waals surface area contributed by atoms with Gasteiger partial charge in [0.25, 0.3) is 0 Å². The second-order valence-corrected chi connectivity index (χ2v) is 6.45. The number of esters is 1. The van der Waals surface area contributed by atoms with Crippen LogP contribution in [0.5, 0.6) is 0 Å². The molecule has 1 atom stereocenters. The molecule has 0 heterocycles. The quantitative estimate of drug-likeness (QED) is 0.476. The Kier molecular flexibility index (Phi) is 27.2. The van der Waals surface area contributed by atoms with Gasteiger partial charge in [-0.2, -0.15) is 0 Å². The van der Waals surface area contributed by atoms with Crippen LogP contribution in [0.2, 0.25) is 5.02 Å². The van der Waals surface area contributed by atoms with E-state index in [-0.39, 0.29) is 12.6 Å². The lowest BCUT2D eigenvalue weighted by atomic mass is 10.1. The summed E-state index contributed by atoms with van der Waals surface area (Å²) >= 11 is 5.77. The molecule has 1 aliphatic rings. The first kappa shape index (κ1) is 34.5. The van der Waals surface area contributed by atoms with Gasteiger partial charge < -0.3 is 20.5 Å². The van der Waals surface area contributed by atoms with Crippen molar-refractivity contribution >= 4 is 17.6 Å². The molecule has 32 heavy (non-hydrogen) atoms. The van der Waals surface area contributed by atoms with E-state index in [1.54, 1.807) is 6.07 Å². The molecular formula is C26H45ClN2O3. The Labute approximate surface area is 201 Å². The second kappa shape index (κ2) is 25.2. The molecule has 1 aromatic carbocycles. The van der Waals surface area contributed by atoms with Crippen LogP contribution in [0.25, 0.3) is 0 Å². The van der Waals surface area contributed by atoms with Crippen LogP contribution in [0.3, 0.4) is 0 Å². The van der Waals surface area contributed by atoms with E-state index < -0.39 is 0 Å². The van der Waals surface area contributed by atoms with E-state index in [1.165, 1.54) is 26.0 Å². The molecule has 0 aliphatic heterocycles. The lowest BCUT2D eigenvalue weighted by molar-refractivity contribution is -0.137. The molecule has 0 aromatic heterocycles. The Morgan fingerprint density at radius 2 is 1.84 bits per heavy atom. The van der Waals surface area contributed by atoms with Gasteiger partial charge in [-0.15, -0.1) is 0 Å². The van der Waals surface area contributed by atoms with E-state index in [9.17, 15) is 4.79 Å². The number of rotatable bonds is 4. The Balaban J connectivity index is -0.000000393. The van der Waals surface area contributed by atoms with Crippen molar-refractivity contribution in [2.75, 3.05) is 21.2 Å². The molecule has 1 aliphatic carbocycles. The maximum absolute atomic E-state index is 9.59. The number of carbonyl (C=O) groups excluding carboxylic acids is 1. The number of halogens is 1. The molecule has 0 amide bonds. The summed E-state index contributed by atoms with van der Waals surface area (Å²) in [6.07, 6.45) is 13.0. The number of hydrogen-bond donors (Lipinski definition) is 3. The van der Waals surface area contributed by atoms with Crippen LogP contribution >= 0.6 is 11.6 Å². The van der Waals surface area contributed by atoms with Gasteiger partial charge in [0.05, 0.1) is 13.7 Å². The lowest BCUT2D eigenvalue weighted by Crippen LogP contribution is -2.21. The molecule has 3 N–H and O–H groups in total. The topological polar surface area (TPSA) is 70.6 Å². The molecule has 0 saturated carbocycles. The van der Waals surface area contributed by atoms with Crippen LogP contribution in [0, 0.1) is 6.92 Å². The normalized spacial score (nSPS) is 13.8. The van der Waals surface area contributed by atoms with Crippen LogP contribution in [0.1, 0.15) is 58.6 Å². The number of benzene rings is 1. The number of ether oxygens (including phenoxy) is 1. The van der Waals surface area contributed by atoms with E-state index in [1.807, 2.05) is 67.0 Å². The van der Waals surface area contributed by atoms with E-state index in [0.29, 0.717) is 11.1 Å². The summed E-state index contributed by atoms with van der Waals surface area (Å²) in [5.41, 5.74) is 3.14. The van der Waals surface area contributed by atoms with Crippen molar-refractivity contribution < 1.29 is 14.6 Å². The van der Waals surface area contributed by atoms with Crippen molar-refractivity contribution in [2.45, 2.75) is 67.0 Å². The third-order valence-corrected chi connectivity index (χ3v) is 4.34. The van der Waals surface area contributed by atoms with Crippen molar-refractivity contribution in [1.82, 2.24) is 10.6 Å². The number of aliphatic hydroxyl groups is 1. The van der Waals surface area contributed by atoms with Crippen molar-refractivity contribution in [3.63, 3.8) is 0 Å². The predicted octanol–water partition coefficient (Wildman–Crippen LogP) is 5.96. The van der Waals surface area contributed by atoms with Crippen molar-refractivity contribution in [1.29, 1.82) is 0 Å². The zero-order chi connectivity index (χ0) is 25.4. The summed E-state index contributed by atoms with van der Waals surface area (Å²) in [6.45, 7) is 11.3. The van der Waals surface area contributed by atoms with Crippen LogP contribution in [-0.4, -0.2) is 38.3 Å². The van der Waals surface area contributed by atoms with Crippen molar-refractivity contribution in [2.24, 2.45) is 0 Å². The molecule has 0 bridgehead atoms. The first-order valence-electron chi connectivity index (χ1n) is 11.2. The molecule has 1 aromatic rings. The Hall–Kier alpha value is -2.08.